The number of hydrogen-bond acceptors (Lipinski definition) is 4. The number of fused-ring (bicyclic) bond motifs is 1. The van der Waals surface area contributed by atoms with E-state index >= 15 is 0 Å². The molecule has 2 aliphatic rings. The third-order valence-corrected chi connectivity index (χ3v) is 7.10. The zero-order valence-corrected chi connectivity index (χ0v) is 20.9. The van der Waals surface area contributed by atoms with Gasteiger partial charge in [-0.25, -0.2) is 13.2 Å². The van der Waals surface area contributed by atoms with Gasteiger partial charge in [0.25, 0.3) is 5.91 Å². The molecule has 0 spiro atoms. The maximum atomic E-state index is 14.7. The molecule has 4 rings (SSSR count). The third kappa shape index (κ3) is 5.73. The van der Waals surface area contributed by atoms with Crippen molar-refractivity contribution in [3.63, 3.8) is 0 Å². The minimum absolute atomic E-state index is 0.0280. The number of nitrogens with zero attached hydrogens (tertiary/aromatic N) is 2. The van der Waals surface area contributed by atoms with Gasteiger partial charge in [-0.2, -0.15) is 5.10 Å². The summed E-state index contributed by atoms with van der Waals surface area (Å²) in [6.07, 6.45) is 1.48. The molecule has 1 saturated carbocycles. The number of alkyl halides is 2. The number of halogens is 3. The van der Waals surface area contributed by atoms with Crippen LogP contribution in [0.3, 0.4) is 0 Å². The first kappa shape index (κ1) is 26.2. The summed E-state index contributed by atoms with van der Waals surface area (Å²) >= 11 is 0. The fourth-order valence-corrected chi connectivity index (χ4v) is 5.21. The zero-order chi connectivity index (χ0) is 26.3. The van der Waals surface area contributed by atoms with Crippen molar-refractivity contribution in [2.75, 3.05) is 6.54 Å². The van der Waals surface area contributed by atoms with Gasteiger partial charge >= 0.3 is 0 Å². The second-order valence-corrected chi connectivity index (χ2v) is 11.3. The van der Waals surface area contributed by atoms with Crippen LogP contribution < -0.4 is 10.6 Å². The lowest BCUT2D eigenvalue weighted by Crippen LogP contribution is -2.49. The Hall–Kier alpha value is -2.91. The van der Waals surface area contributed by atoms with Crippen LogP contribution in [0.15, 0.2) is 18.2 Å². The number of Topliss-reactive ketones (excluding diaryl/α,β-unsaturated/α-hetero) is 1. The molecule has 2 atom stereocenters. The van der Waals surface area contributed by atoms with Crippen LogP contribution in [0, 0.1) is 23.1 Å². The number of aromatic nitrogens is 2. The van der Waals surface area contributed by atoms with E-state index in [0.717, 1.165) is 6.42 Å². The quantitative estimate of drug-likeness (QED) is 0.532. The summed E-state index contributed by atoms with van der Waals surface area (Å²) in [5, 5.41) is 10.2. The van der Waals surface area contributed by atoms with Gasteiger partial charge in [0, 0.05) is 44.2 Å². The number of nitrogens with one attached hydrogen (secondary N) is 2. The van der Waals surface area contributed by atoms with Gasteiger partial charge < -0.3 is 10.6 Å². The average molecular weight is 507 g/mol. The molecule has 7 nitrogen and oxygen atoms in total. The highest BCUT2D eigenvalue weighted by atomic mass is 19.3. The van der Waals surface area contributed by atoms with Crippen LogP contribution in [-0.4, -0.2) is 45.9 Å². The van der Waals surface area contributed by atoms with E-state index in [1.54, 1.807) is 6.07 Å². The first-order valence-corrected chi connectivity index (χ1v) is 12.5. The molecule has 10 heteroatoms. The molecule has 0 bridgehead atoms. The molecule has 2 amide bonds. The number of carbonyl (C=O) groups is 3. The Kier molecular flexibility index (Phi) is 7.16. The fourth-order valence-electron chi connectivity index (χ4n) is 5.21. The second kappa shape index (κ2) is 9.86. The topological polar surface area (TPSA) is 93.1 Å². The molecule has 0 radical (unpaired) electrons. The van der Waals surface area contributed by atoms with E-state index in [0.29, 0.717) is 19.4 Å². The van der Waals surface area contributed by atoms with Crippen molar-refractivity contribution in [1.29, 1.82) is 0 Å². The Bertz CT molecular complexity index is 1160. The van der Waals surface area contributed by atoms with Gasteiger partial charge in [0.15, 0.2) is 11.5 Å². The van der Waals surface area contributed by atoms with Crippen molar-refractivity contribution in [1.82, 2.24) is 20.4 Å². The molecule has 2 fully saturated rings. The smallest absolute Gasteiger partial charge is 0.273 e. The molecule has 1 aromatic carbocycles. The SMILES string of the molecule is CC(C)(C)C(NC(=O)c1nn(CC2CC(F)(F)C2)c2c(F)cccc12)C(=O)CCCC1CNC(=O)C1. The summed E-state index contributed by atoms with van der Waals surface area (Å²) in [7, 11) is 0. The number of hydrogen-bond donors (Lipinski definition) is 2. The van der Waals surface area contributed by atoms with Crippen molar-refractivity contribution in [3.8, 4) is 0 Å². The maximum absolute atomic E-state index is 14.7. The molecule has 1 aliphatic carbocycles. The van der Waals surface area contributed by atoms with Gasteiger partial charge in [0.2, 0.25) is 11.8 Å². The van der Waals surface area contributed by atoms with Crippen molar-refractivity contribution < 1.29 is 27.6 Å². The van der Waals surface area contributed by atoms with Gasteiger partial charge in [-0.05, 0) is 36.2 Å². The van der Waals surface area contributed by atoms with E-state index in [-0.39, 0.29) is 65.9 Å². The molecule has 1 saturated heterocycles. The summed E-state index contributed by atoms with van der Waals surface area (Å²) in [6, 6.07) is 3.48. The molecule has 196 valence electrons. The number of para-hydroxylation sites is 1. The average Bonchev–Trinajstić information content (AvgIpc) is 3.34. The molecular weight excluding hydrogens is 473 g/mol. The Morgan fingerprint density at radius 2 is 1.97 bits per heavy atom. The standard InChI is InChI=1S/C26H33F3N4O3/c1-25(2,3)23(19(34)9-4-6-15-10-20(35)30-13-15)31-24(36)21-17-7-5-8-18(27)22(17)33(32-21)14-16-11-26(28,29)12-16/h5,7-8,15-16,23H,4,6,9-14H2,1-3H3,(H,30,35)(H,31,36). The first-order valence-electron chi connectivity index (χ1n) is 12.5. The van der Waals surface area contributed by atoms with Crippen molar-refractivity contribution in [2.24, 2.45) is 17.3 Å². The van der Waals surface area contributed by atoms with Gasteiger partial charge in [0.05, 0.1) is 6.04 Å². The molecule has 1 aliphatic heterocycles. The van der Waals surface area contributed by atoms with Crippen LogP contribution in [-0.2, 0) is 16.1 Å². The fraction of sp³-hybridized carbons (Fsp3) is 0.615. The lowest BCUT2D eigenvalue weighted by Gasteiger charge is -2.34. The van der Waals surface area contributed by atoms with Crippen molar-refractivity contribution in [2.45, 2.75) is 77.8 Å². The lowest BCUT2D eigenvalue weighted by atomic mass is 9.81. The summed E-state index contributed by atoms with van der Waals surface area (Å²) in [4.78, 5) is 37.8. The van der Waals surface area contributed by atoms with Crippen LogP contribution in [0.2, 0.25) is 0 Å². The normalized spacial score (nSPS) is 20.7. The van der Waals surface area contributed by atoms with Gasteiger partial charge in [0.1, 0.15) is 11.3 Å². The minimum Gasteiger partial charge on any atom is -0.356 e. The number of ketones is 1. The lowest BCUT2D eigenvalue weighted by molar-refractivity contribution is -0.123. The number of carbonyl (C=O) groups excluding carboxylic acids is 3. The number of amides is 2. The molecule has 2 aromatic rings. The highest BCUT2D eigenvalue weighted by Gasteiger charge is 2.45. The molecule has 2 heterocycles. The summed E-state index contributed by atoms with van der Waals surface area (Å²) < 4.78 is 42.6. The summed E-state index contributed by atoms with van der Waals surface area (Å²) in [5.74, 6) is -4.14. The van der Waals surface area contributed by atoms with E-state index in [1.807, 2.05) is 20.8 Å². The van der Waals surface area contributed by atoms with Crippen molar-refractivity contribution >= 4 is 28.5 Å². The monoisotopic (exact) mass is 506 g/mol. The van der Waals surface area contributed by atoms with Gasteiger partial charge in [-0.15, -0.1) is 0 Å². The van der Waals surface area contributed by atoms with E-state index in [9.17, 15) is 27.6 Å². The van der Waals surface area contributed by atoms with Crippen LogP contribution >= 0.6 is 0 Å². The van der Waals surface area contributed by atoms with Gasteiger partial charge in [-0.3, -0.25) is 19.1 Å². The zero-order valence-electron chi connectivity index (χ0n) is 20.9. The van der Waals surface area contributed by atoms with Crippen molar-refractivity contribution in [3.05, 3.63) is 29.7 Å². The third-order valence-electron chi connectivity index (χ3n) is 7.10. The molecular formula is C26H33F3N4O3. The summed E-state index contributed by atoms with van der Waals surface area (Å²) in [5.41, 5.74) is -0.525. The predicted molar refractivity (Wildman–Crippen MR) is 128 cm³/mol. The molecule has 36 heavy (non-hydrogen) atoms. The van der Waals surface area contributed by atoms with Crippen LogP contribution in [0.25, 0.3) is 10.9 Å². The van der Waals surface area contributed by atoms with Crippen LogP contribution in [0.4, 0.5) is 13.2 Å². The Morgan fingerprint density at radius 3 is 2.58 bits per heavy atom. The van der Waals surface area contributed by atoms with Crippen LogP contribution in [0.5, 0.6) is 0 Å². The number of benzene rings is 1. The highest BCUT2D eigenvalue weighted by Crippen LogP contribution is 2.43. The van der Waals surface area contributed by atoms with E-state index < -0.39 is 29.1 Å². The van der Waals surface area contributed by atoms with E-state index in [1.165, 1.54) is 16.8 Å². The Labute approximate surface area is 208 Å². The highest BCUT2D eigenvalue weighted by molar-refractivity contribution is 6.06. The van der Waals surface area contributed by atoms with E-state index in [2.05, 4.69) is 15.7 Å². The molecule has 2 unspecified atom stereocenters. The second-order valence-electron chi connectivity index (χ2n) is 11.3. The van der Waals surface area contributed by atoms with E-state index in [4.69, 9.17) is 0 Å². The maximum Gasteiger partial charge on any atom is 0.273 e. The van der Waals surface area contributed by atoms with Gasteiger partial charge in [-0.1, -0.05) is 32.9 Å². The molecule has 1 aromatic heterocycles. The molecule has 2 N–H and O–H groups in total. The number of rotatable bonds is 9. The first-order chi connectivity index (χ1) is 16.8. The van der Waals surface area contributed by atoms with Crippen LogP contribution in [0.1, 0.15) is 69.8 Å². The Balaban J connectivity index is 1.49. The minimum atomic E-state index is -2.71. The Morgan fingerprint density at radius 1 is 1.25 bits per heavy atom. The largest absolute Gasteiger partial charge is 0.356 e. The summed E-state index contributed by atoms with van der Waals surface area (Å²) in [6.45, 7) is 6.26. The predicted octanol–water partition coefficient (Wildman–Crippen LogP) is 4.24.